The lowest BCUT2D eigenvalue weighted by Gasteiger charge is -2.39. The topological polar surface area (TPSA) is 131 Å². The normalized spacial score (nSPS) is 34.2. The highest BCUT2D eigenvalue weighted by Gasteiger charge is 2.44. The lowest BCUT2D eigenvalue weighted by Crippen LogP contribution is -2.95. The van der Waals surface area contributed by atoms with E-state index in [1.165, 1.54) is 32.2 Å². The van der Waals surface area contributed by atoms with Crippen LogP contribution in [0.4, 0.5) is 4.79 Å². The third-order valence-corrected chi connectivity index (χ3v) is 7.77. The Kier molecular flexibility index (Phi) is 8.81. The quantitative estimate of drug-likeness (QED) is 0.330. The van der Waals surface area contributed by atoms with Crippen molar-refractivity contribution in [3.05, 3.63) is 0 Å². The van der Waals surface area contributed by atoms with E-state index in [1.807, 2.05) is 4.90 Å². The van der Waals surface area contributed by atoms with E-state index in [9.17, 15) is 19.8 Å². The van der Waals surface area contributed by atoms with E-state index in [-0.39, 0.29) is 30.9 Å². The second-order valence-electron chi connectivity index (χ2n) is 10.1. The largest absolute Gasteiger partial charge is 0.388 e. The Balaban J connectivity index is 1.18. The molecule has 188 valence electrons. The number of nitrogens with zero attached hydrogens (tertiary/aromatic N) is 2. The van der Waals surface area contributed by atoms with Crippen molar-refractivity contribution in [1.82, 2.24) is 20.4 Å². The number of piperidine rings is 1. The number of nitrogens with one attached hydrogen (secondary N) is 2. The van der Waals surface area contributed by atoms with Crippen LogP contribution in [-0.2, 0) is 9.53 Å². The van der Waals surface area contributed by atoms with Crippen molar-refractivity contribution < 1.29 is 29.9 Å². The predicted octanol–water partition coefficient (Wildman–Crippen LogP) is -1.28. The lowest BCUT2D eigenvalue weighted by atomic mass is 9.96. The molecule has 0 bridgehead atoms. The molecule has 5 atom stereocenters. The molecule has 5 unspecified atom stereocenters. The number of aliphatic hydroxyl groups excluding tert-OH is 2. The maximum absolute atomic E-state index is 12.8. The molecule has 1 aliphatic carbocycles. The fourth-order valence-corrected chi connectivity index (χ4v) is 5.70. The van der Waals surface area contributed by atoms with Gasteiger partial charge >= 0.3 is 6.03 Å². The Morgan fingerprint density at radius 3 is 2.30 bits per heavy atom. The van der Waals surface area contributed by atoms with Crippen LogP contribution in [0.5, 0.6) is 0 Å². The second-order valence-corrected chi connectivity index (χ2v) is 10.1. The Morgan fingerprint density at radius 2 is 1.61 bits per heavy atom. The smallest absolute Gasteiger partial charge is 0.315 e. The van der Waals surface area contributed by atoms with Gasteiger partial charge in [0.15, 0.2) is 0 Å². The van der Waals surface area contributed by atoms with E-state index in [2.05, 4.69) is 20.9 Å². The Hall–Kier alpha value is -1.46. The molecule has 10 nitrogen and oxygen atoms in total. The third kappa shape index (κ3) is 6.57. The second kappa shape index (κ2) is 11.8. The molecule has 4 fully saturated rings. The predicted molar refractivity (Wildman–Crippen MR) is 121 cm³/mol. The van der Waals surface area contributed by atoms with Gasteiger partial charge in [-0.2, -0.15) is 0 Å². The number of rotatable bonds is 6. The van der Waals surface area contributed by atoms with Crippen molar-refractivity contribution in [2.45, 2.75) is 94.4 Å². The number of nitrogens with two attached hydrogens (primary N) is 1. The molecule has 0 spiro atoms. The summed E-state index contributed by atoms with van der Waals surface area (Å²) in [6, 6.07) is -0.0830. The van der Waals surface area contributed by atoms with Crippen molar-refractivity contribution >= 4 is 11.9 Å². The molecule has 0 aromatic heterocycles. The van der Waals surface area contributed by atoms with Crippen molar-refractivity contribution in [2.24, 2.45) is 0 Å². The number of aliphatic hydroxyl groups is 2. The number of amides is 3. The van der Waals surface area contributed by atoms with E-state index >= 15 is 0 Å². The highest BCUT2D eigenvalue weighted by molar-refractivity contribution is 5.77. The zero-order chi connectivity index (χ0) is 23.2. The number of carbonyl (C=O) groups excluding carboxylic acids is 2. The average Bonchev–Trinajstić information content (AvgIpc) is 3.12. The highest BCUT2D eigenvalue weighted by atomic mass is 16.5. The molecule has 3 amide bonds. The van der Waals surface area contributed by atoms with Crippen LogP contribution < -0.4 is 16.0 Å². The summed E-state index contributed by atoms with van der Waals surface area (Å²) in [4.78, 5) is 29.3. The maximum Gasteiger partial charge on any atom is 0.315 e. The minimum Gasteiger partial charge on any atom is -0.388 e. The van der Waals surface area contributed by atoms with Crippen molar-refractivity contribution in [3.8, 4) is 0 Å². The van der Waals surface area contributed by atoms with E-state index in [0.717, 1.165) is 38.8 Å². The third-order valence-electron chi connectivity index (χ3n) is 7.77. The molecule has 33 heavy (non-hydrogen) atoms. The number of hydrogen-bond acceptors (Lipinski definition) is 6. The summed E-state index contributed by atoms with van der Waals surface area (Å²) >= 11 is 0. The molecule has 3 saturated heterocycles. The van der Waals surface area contributed by atoms with Crippen LogP contribution in [0.25, 0.3) is 0 Å². The molecule has 0 radical (unpaired) electrons. The first-order valence-corrected chi connectivity index (χ1v) is 12.9. The van der Waals surface area contributed by atoms with Crippen molar-refractivity contribution in [3.63, 3.8) is 0 Å². The Bertz CT molecular complexity index is 647. The van der Waals surface area contributed by atoms with E-state index in [0.29, 0.717) is 19.3 Å². The minimum atomic E-state index is -1.14. The summed E-state index contributed by atoms with van der Waals surface area (Å²) in [5.41, 5.74) is 0. The fourth-order valence-electron chi connectivity index (χ4n) is 5.70. The first kappa shape index (κ1) is 24.7. The van der Waals surface area contributed by atoms with Crippen LogP contribution in [0.3, 0.4) is 0 Å². The van der Waals surface area contributed by atoms with Crippen LogP contribution >= 0.6 is 0 Å². The number of carbonyl (C=O) groups is 2. The summed E-state index contributed by atoms with van der Waals surface area (Å²) < 4.78 is 5.80. The average molecular weight is 469 g/mol. The molecule has 3 heterocycles. The molecule has 1 saturated carbocycles. The Labute approximate surface area is 196 Å². The zero-order valence-electron chi connectivity index (χ0n) is 19.7. The monoisotopic (exact) mass is 468 g/mol. The molecular formula is C23H42N5O5+. The molecule has 0 aromatic rings. The van der Waals surface area contributed by atoms with Crippen LogP contribution in [0, 0.1) is 0 Å². The lowest BCUT2D eigenvalue weighted by molar-refractivity contribution is -0.717. The molecule has 0 aromatic carbocycles. The van der Waals surface area contributed by atoms with Gasteiger partial charge in [0.2, 0.25) is 5.91 Å². The Morgan fingerprint density at radius 1 is 0.909 bits per heavy atom. The molecular weight excluding hydrogens is 426 g/mol. The summed E-state index contributed by atoms with van der Waals surface area (Å²) in [5.74, 6) is -0.0535. The summed E-state index contributed by atoms with van der Waals surface area (Å²) in [5, 5.41) is 28.9. The SMILES string of the molecule is O=C(NCC1OC(CC(=O)N2CCN(C3CCCC[NH2+]3)CC2)C(O)C1O)NC1CCCCC1. The molecule has 3 aliphatic heterocycles. The van der Waals surface area contributed by atoms with Gasteiger partial charge in [0.25, 0.3) is 0 Å². The van der Waals surface area contributed by atoms with Gasteiger partial charge in [-0.15, -0.1) is 0 Å². The van der Waals surface area contributed by atoms with Crippen molar-refractivity contribution in [1.29, 1.82) is 0 Å². The van der Waals surface area contributed by atoms with Gasteiger partial charge in [0.05, 0.1) is 19.1 Å². The molecule has 4 rings (SSSR count). The van der Waals surface area contributed by atoms with Crippen molar-refractivity contribution in [2.75, 3.05) is 39.3 Å². The minimum absolute atomic E-state index is 0.0402. The highest BCUT2D eigenvalue weighted by Crippen LogP contribution is 2.24. The first-order valence-electron chi connectivity index (χ1n) is 12.9. The molecule has 6 N–H and O–H groups in total. The molecule has 4 aliphatic rings. The standard InChI is InChI=1S/C23H41N5O5/c29-20(28-12-10-27(11-13-28)19-8-4-5-9-24-19)14-17-21(30)22(31)18(33-17)15-25-23(32)26-16-6-2-1-3-7-16/h16-19,21-22,24,30-31H,1-15H2,(H2,25,26,32)/p+1. The summed E-state index contributed by atoms with van der Waals surface area (Å²) in [6.07, 6.45) is 6.05. The number of ether oxygens (including phenoxy) is 1. The van der Waals surface area contributed by atoms with Crippen LogP contribution in [0.1, 0.15) is 57.8 Å². The van der Waals surface area contributed by atoms with E-state index in [1.54, 1.807) is 0 Å². The summed E-state index contributed by atoms with van der Waals surface area (Å²) in [7, 11) is 0. The number of urea groups is 1. The number of hydrogen-bond donors (Lipinski definition) is 5. The van der Waals surface area contributed by atoms with E-state index in [4.69, 9.17) is 4.74 Å². The van der Waals surface area contributed by atoms with Gasteiger partial charge in [-0.25, -0.2) is 4.79 Å². The van der Waals surface area contributed by atoms with Gasteiger partial charge in [-0.3, -0.25) is 9.69 Å². The fraction of sp³-hybridized carbons (Fsp3) is 0.913. The number of quaternary nitrogens is 1. The van der Waals surface area contributed by atoms with Crippen LogP contribution in [-0.4, -0.2) is 108 Å². The molecule has 10 heteroatoms. The summed E-state index contributed by atoms with van der Waals surface area (Å²) in [6.45, 7) is 4.37. The maximum atomic E-state index is 12.8. The zero-order valence-corrected chi connectivity index (χ0v) is 19.7. The van der Waals surface area contributed by atoms with Gasteiger partial charge in [-0.1, -0.05) is 19.3 Å². The first-order chi connectivity index (χ1) is 16.0. The van der Waals surface area contributed by atoms with E-state index < -0.39 is 24.4 Å². The van der Waals surface area contributed by atoms with Crippen LogP contribution in [0.15, 0.2) is 0 Å². The number of piperazine rings is 1. The van der Waals surface area contributed by atoms with Gasteiger partial charge in [0.1, 0.15) is 24.5 Å². The van der Waals surface area contributed by atoms with Gasteiger partial charge in [0, 0.05) is 45.2 Å². The van der Waals surface area contributed by atoms with Gasteiger partial charge in [-0.05, 0) is 25.7 Å². The van der Waals surface area contributed by atoms with Gasteiger partial charge < -0.3 is 35.8 Å². The van der Waals surface area contributed by atoms with Crippen LogP contribution in [0.2, 0.25) is 0 Å².